The molecule has 0 aliphatic heterocycles. The fourth-order valence-corrected chi connectivity index (χ4v) is 2.41. The second-order valence-corrected chi connectivity index (χ2v) is 5.83. The van der Waals surface area contributed by atoms with Crippen LogP contribution in [0, 0.1) is 11.6 Å². The van der Waals surface area contributed by atoms with E-state index < -0.39 is 17.6 Å². The second-order valence-electron chi connectivity index (χ2n) is 5.45. The Kier molecular flexibility index (Phi) is 4.62. The maximum absolute atomic E-state index is 13.7. The highest BCUT2D eigenvalue weighted by atomic mass is 35.5. The molecular formula is C16H14ClF2N3O2. The zero-order valence-corrected chi connectivity index (χ0v) is 13.5. The normalized spacial score (nSPS) is 13.7. The molecule has 0 bridgehead atoms. The third-order valence-electron chi connectivity index (χ3n) is 3.65. The van der Waals surface area contributed by atoms with E-state index in [0.717, 1.165) is 25.0 Å². The van der Waals surface area contributed by atoms with Gasteiger partial charge in [-0.1, -0.05) is 17.7 Å². The number of nitrogens with one attached hydrogen (secondary N) is 1. The van der Waals surface area contributed by atoms with Gasteiger partial charge in [-0.25, -0.2) is 23.5 Å². The summed E-state index contributed by atoms with van der Waals surface area (Å²) in [5.41, 5.74) is 0.219. The summed E-state index contributed by atoms with van der Waals surface area (Å²) < 4.78 is 31.3. The molecule has 1 N–H and O–H groups in total. The Morgan fingerprint density at radius 2 is 2.12 bits per heavy atom. The van der Waals surface area contributed by atoms with Crippen molar-refractivity contribution in [1.82, 2.24) is 9.97 Å². The van der Waals surface area contributed by atoms with Crippen LogP contribution in [0.15, 0.2) is 18.2 Å². The number of ether oxygens (including phenoxy) is 1. The highest BCUT2D eigenvalue weighted by molar-refractivity contribution is 6.35. The van der Waals surface area contributed by atoms with Crippen LogP contribution < -0.4 is 5.32 Å². The molecule has 1 aliphatic carbocycles. The molecule has 0 spiro atoms. The van der Waals surface area contributed by atoms with E-state index in [0.29, 0.717) is 5.82 Å². The van der Waals surface area contributed by atoms with Crippen LogP contribution in [0.2, 0.25) is 5.02 Å². The highest BCUT2D eigenvalue weighted by Gasteiger charge is 2.30. The molecule has 0 saturated heterocycles. The van der Waals surface area contributed by atoms with Crippen LogP contribution >= 0.6 is 11.6 Å². The summed E-state index contributed by atoms with van der Waals surface area (Å²) >= 11 is 6.17. The Morgan fingerprint density at radius 1 is 1.38 bits per heavy atom. The Morgan fingerprint density at radius 3 is 2.75 bits per heavy atom. The first-order valence-electron chi connectivity index (χ1n) is 7.33. The zero-order valence-electron chi connectivity index (χ0n) is 12.8. The summed E-state index contributed by atoms with van der Waals surface area (Å²) in [5.74, 6) is -1.09. The van der Waals surface area contributed by atoms with Crippen LogP contribution in [0.25, 0.3) is 0 Å². The Labute approximate surface area is 142 Å². The van der Waals surface area contributed by atoms with Crippen LogP contribution in [0.5, 0.6) is 0 Å². The SMILES string of the molecule is COC(=O)c1nc(C2CC2)nc(NCc2ccc(F)cc2F)c1Cl. The van der Waals surface area contributed by atoms with Gasteiger partial charge < -0.3 is 10.1 Å². The van der Waals surface area contributed by atoms with Crippen LogP contribution in [-0.4, -0.2) is 23.0 Å². The molecular weight excluding hydrogens is 340 g/mol. The molecule has 126 valence electrons. The first-order chi connectivity index (χ1) is 11.5. The molecule has 8 heteroatoms. The lowest BCUT2D eigenvalue weighted by atomic mass is 10.2. The summed E-state index contributed by atoms with van der Waals surface area (Å²) in [4.78, 5) is 20.3. The molecule has 3 rings (SSSR count). The van der Waals surface area contributed by atoms with Crippen molar-refractivity contribution in [2.24, 2.45) is 0 Å². The molecule has 1 aliphatic rings. The van der Waals surface area contributed by atoms with E-state index in [1.54, 1.807) is 0 Å². The minimum absolute atomic E-state index is 0.00812. The van der Waals surface area contributed by atoms with Crippen molar-refractivity contribution in [1.29, 1.82) is 0 Å². The Balaban J connectivity index is 1.88. The number of anilines is 1. The van der Waals surface area contributed by atoms with E-state index in [4.69, 9.17) is 11.6 Å². The number of hydrogen-bond acceptors (Lipinski definition) is 5. The molecule has 1 heterocycles. The van der Waals surface area contributed by atoms with E-state index in [1.807, 2.05) is 0 Å². The van der Waals surface area contributed by atoms with Gasteiger partial charge >= 0.3 is 5.97 Å². The minimum atomic E-state index is -0.678. The number of carbonyl (C=O) groups excluding carboxylic acids is 1. The number of carbonyl (C=O) groups is 1. The van der Waals surface area contributed by atoms with Crippen LogP contribution in [0.4, 0.5) is 14.6 Å². The van der Waals surface area contributed by atoms with Crippen molar-refractivity contribution in [3.05, 3.63) is 51.9 Å². The van der Waals surface area contributed by atoms with Crippen molar-refractivity contribution < 1.29 is 18.3 Å². The standard InChI is InChI=1S/C16H14ClF2N3O2/c1-24-16(23)13-12(17)15(22-14(21-13)8-2-3-8)20-7-9-4-5-10(18)6-11(9)19/h4-6,8H,2-3,7H2,1H3,(H,20,21,22). The fraction of sp³-hybridized carbons (Fsp3) is 0.312. The number of rotatable bonds is 5. The van der Waals surface area contributed by atoms with Crippen molar-refractivity contribution in [2.75, 3.05) is 12.4 Å². The fourth-order valence-electron chi connectivity index (χ4n) is 2.18. The van der Waals surface area contributed by atoms with Crippen LogP contribution in [-0.2, 0) is 11.3 Å². The van der Waals surface area contributed by atoms with Crippen molar-refractivity contribution in [3.8, 4) is 0 Å². The van der Waals surface area contributed by atoms with E-state index in [2.05, 4.69) is 20.0 Å². The molecule has 0 amide bonds. The van der Waals surface area contributed by atoms with E-state index in [1.165, 1.54) is 13.2 Å². The van der Waals surface area contributed by atoms with Crippen LogP contribution in [0.1, 0.15) is 40.6 Å². The number of nitrogens with zero attached hydrogens (tertiary/aromatic N) is 2. The lowest BCUT2D eigenvalue weighted by Crippen LogP contribution is -2.13. The van der Waals surface area contributed by atoms with Crippen molar-refractivity contribution in [3.63, 3.8) is 0 Å². The first-order valence-corrected chi connectivity index (χ1v) is 7.71. The van der Waals surface area contributed by atoms with E-state index >= 15 is 0 Å². The average molecular weight is 354 g/mol. The molecule has 5 nitrogen and oxygen atoms in total. The van der Waals surface area contributed by atoms with Gasteiger partial charge in [-0.05, 0) is 18.9 Å². The van der Waals surface area contributed by atoms with Gasteiger partial charge in [0.2, 0.25) is 0 Å². The zero-order chi connectivity index (χ0) is 17.3. The van der Waals surface area contributed by atoms with Gasteiger partial charge in [0.05, 0.1) is 7.11 Å². The van der Waals surface area contributed by atoms with Gasteiger partial charge in [0, 0.05) is 24.1 Å². The summed E-state index contributed by atoms with van der Waals surface area (Å²) in [6.07, 6.45) is 1.88. The molecule has 1 aromatic carbocycles. The predicted molar refractivity (Wildman–Crippen MR) is 84.0 cm³/mol. The average Bonchev–Trinajstić information content (AvgIpc) is 3.39. The first kappa shape index (κ1) is 16.6. The number of aromatic nitrogens is 2. The van der Waals surface area contributed by atoms with Gasteiger partial charge in [0.1, 0.15) is 28.3 Å². The third kappa shape index (κ3) is 3.46. The predicted octanol–water partition coefficient (Wildman–Crippen LogP) is 3.68. The third-order valence-corrected chi connectivity index (χ3v) is 4.01. The quantitative estimate of drug-likeness (QED) is 0.831. The van der Waals surface area contributed by atoms with Crippen molar-refractivity contribution >= 4 is 23.4 Å². The summed E-state index contributed by atoms with van der Waals surface area (Å²) in [6.45, 7) is 0.0353. The largest absolute Gasteiger partial charge is 0.464 e. The van der Waals surface area contributed by atoms with Gasteiger partial charge in [0.25, 0.3) is 0 Å². The molecule has 24 heavy (non-hydrogen) atoms. The van der Waals surface area contributed by atoms with Crippen LogP contribution in [0.3, 0.4) is 0 Å². The molecule has 1 aromatic heterocycles. The Hall–Kier alpha value is -2.28. The number of halogens is 3. The molecule has 0 atom stereocenters. The Bertz CT molecular complexity index is 797. The van der Waals surface area contributed by atoms with Crippen molar-refractivity contribution in [2.45, 2.75) is 25.3 Å². The highest BCUT2D eigenvalue weighted by Crippen LogP contribution is 2.39. The molecule has 0 radical (unpaired) electrons. The minimum Gasteiger partial charge on any atom is -0.464 e. The maximum atomic E-state index is 13.7. The van der Waals surface area contributed by atoms with Gasteiger partial charge in [-0.2, -0.15) is 0 Å². The molecule has 1 fully saturated rings. The van der Waals surface area contributed by atoms with Gasteiger partial charge in [-0.15, -0.1) is 0 Å². The molecule has 1 saturated carbocycles. The van der Waals surface area contributed by atoms with E-state index in [9.17, 15) is 13.6 Å². The number of benzene rings is 1. The maximum Gasteiger partial charge on any atom is 0.358 e. The summed E-state index contributed by atoms with van der Waals surface area (Å²) in [5, 5.41) is 2.89. The second kappa shape index (κ2) is 6.68. The van der Waals surface area contributed by atoms with Gasteiger partial charge in [0.15, 0.2) is 5.69 Å². The monoisotopic (exact) mass is 353 g/mol. The number of methoxy groups -OCH3 is 1. The molecule has 0 unspecified atom stereocenters. The summed E-state index contributed by atoms with van der Waals surface area (Å²) in [6, 6.07) is 3.29. The topological polar surface area (TPSA) is 64.1 Å². The van der Waals surface area contributed by atoms with E-state index in [-0.39, 0.29) is 34.6 Å². The lowest BCUT2D eigenvalue weighted by molar-refractivity contribution is 0.0593. The van der Waals surface area contributed by atoms with Gasteiger partial charge in [-0.3, -0.25) is 0 Å². The molecule has 2 aromatic rings. The lowest BCUT2D eigenvalue weighted by Gasteiger charge is -2.12. The number of hydrogen-bond donors (Lipinski definition) is 1. The summed E-state index contributed by atoms with van der Waals surface area (Å²) in [7, 11) is 1.23. The smallest absolute Gasteiger partial charge is 0.358 e. The number of esters is 1.